The van der Waals surface area contributed by atoms with Gasteiger partial charge in [0.25, 0.3) is 5.91 Å². The van der Waals surface area contributed by atoms with Gasteiger partial charge in [0.15, 0.2) is 29.6 Å². The molecule has 1 aliphatic rings. The number of hydrogen-bond acceptors (Lipinski definition) is 6. The Morgan fingerprint density at radius 3 is 2.57 bits per heavy atom. The van der Waals surface area contributed by atoms with Gasteiger partial charge in [0.1, 0.15) is 0 Å². The molecule has 3 rings (SSSR count). The van der Waals surface area contributed by atoms with Crippen LogP contribution in [0.25, 0.3) is 0 Å². The second-order valence-electron chi connectivity index (χ2n) is 7.83. The Balaban J connectivity index is 1.68. The van der Waals surface area contributed by atoms with E-state index < -0.39 is 0 Å². The molecule has 0 atom stereocenters. The van der Waals surface area contributed by atoms with Crippen molar-refractivity contribution in [3.05, 3.63) is 40.9 Å². The molecule has 0 saturated carbocycles. The Kier molecular flexibility index (Phi) is 6.82. The van der Waals surface area contributed by atoms with Crippen molar-refractivity contribution in [1.29, 1.82) is 0 Å². The number of halogens is 1. The maximum absolute atomic E-state index is 12.1. The van der Waals surface area contributed by atoms with Crippen LogP contribution in [0.4, 0.5) is 5.69 Å². The minimum atomic E-state index is -0.328. The summed E-state index contributed by atoms with van der Waals surface area (Å²) in [5.74, 6) is 2.19. The molecule has 162 valence electrons. The van der Waals surface area contributed by atoms with Gasteiger partial charge in [-0.05, 0) is 51.5 Å². The third kappa shape index (κ3) is 5.86. The molecule has 1 heterocycles. The van der Waals surface area contributed by atoms with Gasteiger partial charge in [-0.2, -0.15) is 0 Å². The van der Waals surface area contributed by atoms with E-state index in [0.717, 1.165) is 17.0 Å². The number of benzene rings is 2. The van der Waals surface area contributed by atoms with Crippen LogP contribution in [0.15, 0.2) is 30.3 Å². The second-order valence-corrected chi connectivity index (χ2v) is 8.24. The predicted molar refractivity (Wildman–Crippen MR) is 116 cm³/mol. The highest BCUT2D eigenvalue weighted by molar-refractivity contribution is 6.31. The Morgan fingerprint density at radius 2 is 1.83 bits per heavy atom. The van der Waals surface area contributed by atoms with E-state index in [2.05, 4.69) is 10.6 Å². The summed E-state index contributed by atoms with van der Waals surface area (Å²) >= 11 is 6.46. The number of ether oxygens (including phenoxy) is 4. The highest BCUT2D eigenvalue weighted by Gasteiger charge is 2.17. The van der Waals surface area contributed by atoms with Gasteiger partial charge < -0.3 is 29.6 Å². The number of nitrogens with one attached hydrogen (secondary N) is 2. The van der Waals surface area contributed by atoms with E-state index in [-0.39, 0.29) is 24.8 Å². The third-order valence-corrected chi connectivity index (χ3v) is 4.49. The zero-order valence-electron chi connectivity index (χ0n) is 17.6. The van der Waals surface area contributed by atoms with Crippen LogP contribution in [0.3, 0.4) is 0 Å². The number of carbonyl (C=O) groups is 1. The summed E-state index contributed by atoms with van der Waals surface area (Å²) < 4.78 is 22.1. The van der Waals surface area contributed by atoms with Crippen LogP contribution < -0.4 is 29.6 Å². The molecule has 0 bridgehead atoms. The lowest BCUT2D eigenvalue weighted by Crippen LogP contribution is -2.43. The van der Waals surface area contributed by atoms with Crippen LogP contribution in [0.1, 0.15) is 33.3 Å². The van der Waals surface area contributed by atoms with Crippen molar-refractivity contribution in [2.75, 3.05) is 25.3 Å². The smallest absolute Gasteiger partial charge is 0.258 e. The molecule has 2 aromatic rings. The van der Waals surface area contributed by atoms with E-state index in [1.54, 1.807) is 6.07 Å². The van der Waals surface area contributed by atoms with Gasteiger partial charge in [0, 0.05) is 34.9 Å². The van der Waals surface area contributed by atoms with Crippen molar-refractivity contribution in [3.63, 3.8) is 0 Å². The van der Waals surface area contributed by atoms with Crippen molar-refractivity contribution in [2.45, 2.75) is 39.8 Å². The summed E-state index contributed by atoms with van der Waals surface area (Å²) in [4.78, 5) is 12.1. The molecule has 1 aliphatic heterocycles. The quantitative estimate of drug-likeness (QED) is 0.642. The summed E-state index contributed by atoms with van der Waals surface area (Å²) in [7, 11) is 0. The summed E-state index contributed by atoms with van der Waals surface area (Å²) in [6.45, 7) is 8.67. The molecule has 7 nitrogen and oxygen atoms in total. The summed E-state index contributed by atoms with van der Waals surface area (Å²) in [6, 6.07) is 9.15. The normalized spacial score (nSPS) is 12.4. The Hall–Kier alpha value is -2.80. The van der Waals surface area contributed by atoms with Gasteiger partial charge in [0.05, 0.1) is 6.61 Å². The van der Waals surface area contributed by atoms with Gasteiger partial charge in [-0.15, -0.1) is 0 Å². The van der Waals surface area contributed by atoms with Gasteiger partial charge in [0.2, 0.25) is 6.79 Å². The maximum Gasteiger partial charge on any atom is 0.258 e. The van der Waals surface area contributed by atoms with E-state index in [9.17, 15) is 4.79 Å². The molecule has 8 heteroatoms. The molecule has 0 fully saturated rings. The Bertz CT molecular complexity index is 911. The number of amides is 1. The molecule has 0 aromatic heterocycles. The highest BCUT2D eigenvalue weighted by atomic mass is 35.5. The number of fused-ring (bicyclic) bond motifs is 1. The second kappa shape index (κ2) is 9.34. The molecule has 0 saturated heterocycles. The lowest BCUT2D eigenvalue weighted by atomic mass is 10.1. The maximum atomic E-state index is 12.1. The number of carbonyl (C=O) groups excluding carboxylic acids is 1. The minimum absolute atomic E-state index is 0.123. The molecule has 2 N–H and O–H groups in total. The third-order valence-electron chi connectivity index (χ3n) is 4.14. The fourth-order valence-electron chi connectivity index (χ4n) is 2.90. The average Bonchev–Trinajstić information content (AvgIpc) is 3.13. The van der Waals surface area contributed by atoms with E-state index >= 15 is 0 Å². The van der Waals surface area contributed by atoms with E-state index in [0.29, 0.717) is 35.4 Å². The summed E-state index contributed by atoms with van der Waals surface area (Å²) in [6.07, 6.45) is 0. The number of rotatable bonds is 8. The van der Waals surface area contributed by atoms with Crippen LogP contribution in [0.5, 0.6) is 23.0 Å². The van der Waals surface area contributed by atoms with Crippen molar-refractivity contribution < 1.29 is 23.7 Å². The summed E-state index contributed by atoms with van der Waals surface area (Å²) in [5, 5.41) is 6.68. The van der Waals surface area contributed by atoms with E-state index in [1.807, 2.05) is 52.0 Å². The van der Waals surface area contributed by atoms with Crippen molar-refractivity contribution in [1.82, 2.24) is 5.32 Å². The van der Waals surface area contributed by atoms with Crippen molar-refractivity contribution >= 4 is 23.2 Å². The van der Waals surface area contributed by atoms with Crippen molar-refractivity contribution in [2.24, 2.45) is 0 Å². The van der Waals surface area contributed by atoms with Crippen LogP contribution >= 0.6 is 11.6 Å². The zero-order valence-corrected chi connectivity index (χ0v) is 18.4. The lowest BCUT2D eigenvalue weighted by molar-refractivity contribution is -0.124. The highest BCUT2D eigenvalue weighted by Crippen LogP contribution is 2.36. The summed E-state index contributed by atoms with van der Waals surface area (Å²) in [5.41, 5.74) is 1.39. The van der Waals surface area contributed by atoms with Crippen LogP contribution in [-0.4, -0.2) is 31.5 Å². The first-order chi connectivity index (χ1) is 14.2. The molecule has 0 spiro atoms. The molecule has 2 aromatic carbocycles. The molecular weight excluding hydrogens is 408 g/mol. The van der Waals surface area contributed by atoms with Crippen molar-refractivity contribution in [3.8, 4) is 23.0 Å². The number of anilines is 1. The molecule has 30 heavy (non-hydrogen) atoms. The van der Waals surface area contributed by atoms with E-state index in [4.69, 9.17) is 30.5 Å². The fraction of sp³-hybridized carbons (Fsp3) is 0.409. The first-order valence-electron chi connectivity index (χ1n) is 9.77. The van der Waals surface area contributed by atoms with Gasteiger partial charge in [-0.1, -0.05) is 11.6 Å². The topological polar surface area (TPSA) is 78.1 Å². The zero-order chi connectivity index (χ0) is 21.7. The largest absolute Gasteiger partial charge is 0.490 e. The first-order valence-corrected chi connectivity index (χ1v) is 10.2. The monoisotopic (exact) mass is 434 g/mol. The molecule has 0 aliphatic carbocycles. The number of hydrogen-bond donors (Lipinski definition) is 2. The van der Waals surface area contributed by atoms with Gasteiger partial charge in [-0.25, -0.2) is 0 Å². The standard InChI is InChI=1S/C22H27ClN2O5/c1-5-27-18-8-14(11-24-15-6-7-17-19(9-15)30-13-29-17)16(23)10-20(18)28-12-21(26)25-22(2,3)4/h6-10,24H,5,11-13H2,1-4H3,(H,25,26). The Morgan fingerprint density at radius 1 is 1.10 bits per heavy atom. The molecule has 1 amide bonds. The van der Waals surface area contributed by atoms with Gasteiger partial charge >= 0.3 is 0 Å². The average molecular weight is 435 g/mol. The fourth-order valence-corrected chi connectivity index (χ4v) is 3.12. The van der Waals surface area contributed by atoms with Gasteiger partial charge in [-0.3, -0.25) is 4.79 Å². The first kappa shape index (κ1) is 21.9. The molecule has 0 radical (unpaired) electrons. The van der Waals surface area contributed by atoms with Crippen LogP contribution in [0, 0.1) is 0 Å². The SMILES string of the molecule is CCOc1cc(CNc2ccc3c(c2)OCO3)c(Cl)cc1OCC(=O)NC(C)(C)C. The van der Waals surface area contributed by atoms with E-state index in [1.165, 1.54) is 0 Å². The predicted octanol–water partition coefficient (Wildman–Crippen LogP) is 4.37. The lowest BCUT2D eigenvalue weighted by Gasteiger charge is -2.21. The van der Waals surface area contributed by atoms with Crippen LogP contribution in [0.2, 0.25) is 5.02 Å². The van der Waals surface area contributed by atoms with Crippen LogP contribution in [-0.2, 0) is 11.3 Å². The Labute approximate surface area is 181 Å². The molecule has 0 unspecified atom stereocenters. The minimum Gasteiger partial charge on any atom is -0.490 e. The molecular formula is C22H27ClN2O5.